The number of allylic oxidation sites excluding steroid dienone is 1. The summed E-state index contributed by atoms with van der Waals surface area (Å²) in [6.45, 7) is 3.89. The Hall–Kier alpha value is -1.59. The van der Waals surface area contributed by atoms with E-state index in [1.54, 1.807) is 0 Å². The predicted octanol–water partition coefficient (Wildman–Crippen LogP) is 8.40. The molecule has 0 aliphatic heterocycles. The molecule has 0 radical (unpaired) electrons. The molecular weight excluding hydrogens is 387 g/mol. The molecule has 0 aromatic heterocycles. The van der Waals surface area contributed by atoms with Gasteiger partial charge in [-0.25, -0.2) is 8.78 Å². The van der Waals surface area contributed by atoms with Gasteiger partial charge in [-0.3, -0.25) is 0 Å². The second-order valence-corrected chi connectivity index (χ2v) is 8.67. The third kappa shape index (κ3) is 6.19. The zero-order valence-electron chi connectivity index (χ0n) is 16.6. The minimum Gasteiger partial charge on any atom is -0.399 e. The van der Waals surface area contributed by atoms with Crippen LogP contribution in [0.5, 0.6) is 5.75 Å². The first kappa shape index (κ1) is 22.1. The van der Waals surface area contributed by atoms with E-state index in [0.717, 1.165) is 43.7 Å². The Bertz CT molecular complexity index is 671. The molecule has 0 spiro atoms. The molecule has 0 bridgehead atoms. The van der Waals surface area contributed by atoms with Gasteiger partial charge in [0.25, 0.3) is 0 Å². The van der Waals surface area contributed by atoms with Crippen LogP contribution in [0, 0.1) is 29.4 Å². The zero-order chi connectivity index (χ0) is 21.0. The third-order valence-corrected chi connectivity index (χ3v) is 6.76. The molecule has 0 heterocycles. The standard InChI is InChI=1S/C23H29F5O.2H2/c1-2-15-3-5-16(6-4-15)7-8-17-9-11-18(12-10-17)19-13-20(24)22(21(25)14-19)29-23(26,27)28;;/h2,13-18H,1,3-12H2;2*1H. The van der Waals surface area contributed by atoms with Gasteiger partial charge in [-0.1, -0.05) is 18.9 Å². The number of halogens is 5. The average molecular weight is 421 g/mol. The summed E-state index contributed by atoms with van der Waals surface area (Å²) in [6.07, 6.45) is 8.04. The summed E-state index contributed by atoms with van der Waals surface area (Å²) in [5, 5.41) is 0. The van der Waals surface area contributed by atoms with Crippen molar-refractivity contribution in [3.05, 3.63) is 42.0 Å². The highest BCUT2D eigenvalue weighted by atomic mass is 19.4. The van der Waals surface area contributed by atoms with Crippen LogP contribution in [-0.4, -0.2) is 6.36 Å². The van der Waals surface area contributed by atoms with Crippen molar-refractivity contribution < 1.29 is 29.5 Å². The predicted molar refractivity (Wildman–Crippen MR) is 107 cm³/mol. The van der Waals surface area contributed by atoms with Gasteiger partial charge in [0, 0.05) is 2.85 Å². The highest BCUT2D eigenvalue weighted by Crippen LogP contribution is 2.41. The lowest BCUT2D eigenvalue weighted by Crippen LogP contribution is -2.20. The summed E-state index contributed by atoms with van der Waals surface area (Å²) in [4.78, 5) is 0. The third-order valence-electron chi connectivity index (χ3n) is 6.76. The lowest BCUT2D eigenvalue weighted by molar-refractivity contribution is -0.276. The number of benzene rings is 1. The molecule has 166 valence electrons. The fourth-order valence-electron chi connectivity index (χ4n) is 5.00. The fourth-order valence-corrected chi connectivity index (χ4v) is 5.00. The van der Waals surface area contributed by atoms with Gasteiger partial charge < -0.3 is 4.74 Å². The van der Waals surface area contributed by atoms with Crippen LogP contribution in [0.15, 0.2) is 24.8 Å². The molecule has 2 fully saturated rings. The second kappa shape index (κ2) is 9.48. The van der Waals surface area contributed by atoms with E-state index in [4.69, 9.17) is 0 Å². The molecule has 0 amide bonds. The Labute approximate surface area is 172 Å². The molecule has 2 saturated carbocycles. The van der Waals surface area contributed by atoms with Crippen LogP contribution in [0.1, 0.15) is 78.5 Å². The summed E-state index contributed by atoms with van der Waals surface area (Å²) < 4.78 is 68.3. The molecule has 1 aromatic rings. The van der Waals surface area contributed by atoms with Crippen LogP contribution in [0.4, 0.5) is 22.0 Å². The number of alkyl halides is 3. The SMILES string of the molecule is C=CC1CCC(CCC2CCC(c3cc(F)c(OC(F)(F)F)c(F)c3)CC2)CC1.[HH].[HH]. The van der Waals surface area contributed by atoms with Crippen molar-refractivity contribution in [1.29, 1.82) is 0 Å². The maximum Gasteiger partial charge on any atom is 0.573 e. The summed E-state index contributed by atoms with van der Waals surface area (Å²) in [5.41, 5.74) is 0.427. The highest BCUT2D eigenvalue weighted by molar-refractivity contribution is 5.33. The maximum atomic E-state index is 14.0. The van der Waals surface area contributed by atoms with E-state index in [9.17, 15) is 22.0 Å². The van der Waals surface area contributed by atoms with E-state index >= 15 is 0 Å². The Morgan fingerprint density at radius 1 is 0.897 bits per heavy atom. The van der Waals surface area contributed by atoms with Crippen LogP contribution >= 0.6 is 0 Å². The molecule has 6 heteroatoms. The van der Waals surface area contributed by atoms with E-state index in [0.29, 0.717) is 17.4 Å². The van der Waals surface area contributed by atoms with Gasteiger partial charge in [0.15, 0.2) is 11.6 Å². The van der Waals surface area contributed by atoms with E-state index in [-0.39, 0.29) is 8.77 Å². The molecule has 29 heavy (non-hydrogen) atoms. The second-order valence-electron chi connectivity index (χ2n) is 8.67. The first-order valence-electron chi connectivity index (χ1n) is 10.6. The van der Waals surface area contributed by atoms with Crippen molar-refractivity contribution in [1.82, 2.24) is 0 Å². The maximum absolute atomic E-state index is 14.0. The Kier molecular flexibility index (Phi) is 7.23. The van der Waals surface area contributed by atoms with Crippen LogP contribution in [0.3, 0.4) is 0 Å². The van der Waals surface area contributed by atoms with Gasteiger partial charge in [0.05, 0.1) is 0 Å². The minimum absolute atomic E-state index is 0. The van der Waals surface area contributed by atoms with Crippen molar-refractivity contribution in [3.63, 3.8) is 0 Å². The Morgan fingerprint density at radius 3 is 1.83 bits per heavy atom. The Morgan fingerprint density at radius 2 is 1.38 bits per heavy atom. The summed E-state index contributed by atoms with van der Waals surface area (Å²) in [6, 6.07) is 1.99. The molecule has 1 aromatic carbocycles. The van der Waals surface area contributed by atoms with Crippen molar-refractivity contribution in [2.75, 3.05) is 0 Å². The van der Waals surface area contributed by atoms with Crippen molar-refractivity contribution in [2.24, 2.45) is 17.8 Å². The average Bonchev–Trinajstić information content (AvgIpc) is 2.69. The van der Waals surface area contributed by atoms with Gasteiger partial charge >= 0.3 is 6.36 Å². The molecule has 1 nitrogen and oxygen atoms in total. The van der Waals surface area contributed by atoms with Crippen molar-refractivity contribution >= 4 is 0 Å². The number of hydrogen-bond donors (Lipinski definition) is 0. The number of hydrogen-bond acceptors (Lipinski definition) is 1. The van der Waals surface area contributed by atoms with Crippen LogP contribution in [-0.2, 0) is 0 Å². The highest BCUT2D eigenvalue weighted by Gasteiger charge is 2.34. The lowest BCUT2D eigenvalue weighted by Gasteiger charge is -2.31. The topological polar surface area (TPSA) is 9.23 Å². The normalized spacial score (nSPS) is 28.2. The zero-order valence-corrected chi connectivity index (χ0v) is 16.6. The van der Waals surface area contributed by atoms with Crippen LogP contribution in [0.2, 0.25) is 0 Å². The molecule has 3 rings (SSSR count). The van der Waals surface area contributed by atoms with E-state index in [1.165, 1.54) is 38.5 Å². The minimum atomic E-state index is -5.12. The number of ether oxygens (including phenoxy) is 1. The molecular formula is C23H33F5O. The van der Waals surface area contributed by atoms with Gasteiger partial charge in [-0.2, -0.15) is 0 Å². The smallest absolute Gasteiger partial charge is 0.399 e. The Balaban J connectivity index is 0.00000240. The first-order chi connectivity index (χ1) is 13.7. The fraction of sp³-hybridized carbons (Fsp3) is 0.652. The monoisotopic (exact) mass is 420 g/mol. The molecule has 0 unspecified atom stereocenters. The van der Waals surface area contributed by atoms with Crippen LogP contribution in [0.25, 0.3) is 0 Å². The molecule has 2 aliphatic carbocycles. The molecule has 0 atom stereocenters. The quantitative estimate of drug-likeness (QED) is 0.332. The van der Waals surface area contributed by atoms with E-state index < -0.39 is 23.7 Å². The van der Waals surface area contributed by atoms with Gasteiger partial charge in [0.2, 0.25) is 5.75 Å². The van der Waals surface area contributed by atoms with Gasteiger partial charge in [-0.15, -0.1) is 19.8 Å². The molecule has 0 N–H and O–H groups in total. The largest absolute Gasteiger partial charge is 0.573 e. The first-order valence-corrected chi connectivity index (χ1v) is 10.6. The summed E-state index contributed by atoms with van der Waals surface area (Å²) in [5.74, 6) is -1.88. The summed E-state index contributed by atoms with van der Waals surface area (Å²) in [7, 11) is 0. The molecule has 0 saturated heterocycles. The molecule has 2 aliphatic rings. The van der Waals surface area contributed by atoms with Gasteiger partial charge in [0.1, 0.15) is 0 Å². The lowest BCUT2D eigenvalue weighted by atomic mass is 9.74. The number of rotatable bonds is 6. The van der Waals surface area contributed by atoms with Crippen LogP contribution < -0.4 is 4.74 Å². The van der Waals surface area contributed by atoms with Gasteiger partial charge in [-0.05, 0) is 92.7 Å². The van der Waals surface area contributed by atoms with E-state index in [1.807, 2.05) is 0 Å². The van der Waals surface area contributed by atoms with Crippen molar-refractivity contribution in [2.45, 2.75) is 76.5 Å². The van der Waals surface area contributed by atoms with E-state index in [2.05, 4.69) is 17.4 Å². The van der Waals surface area contributed by atoms with Crippen molar-refractivity contribution in [3.8, 4) is 5.75 Å². The summed E-state index contributed by atoms with van der Waals surface area (Å²) >= 11 is 0.